The van der Waals surface area contributed by atoms with Crippen molar-refractivity contribution in [3.8, 4) is 0 Å². The molecule has 3 nitrogen and oxygen atoms in total. The van der Waals surface area contributed by atoms with Crippen molar-refractivity contribution in [3.63, 3.8) is 0 Å². The van der Waals surface area contributed by atoms with Crippen LogP contribution in [-0.2, 0) is 14.3 Å². The molecular formula is C39H66O3S. The summed E-state index contributed by atoms with van der Waals surface area (Å²) in [5.41, 5.74) is 10.00. The molecular weight excluding hydrogens is 548 g/mol. The second-order valence-corrected chi connectivity index (χ2v) is 14.5. The third-order valence-corrected chi connectivity index (χ3v) is 8.96. The molecule has 0 amide bonds. The predicted molar refractivity (Wildman–Crippen MR) is 192 cm³/mol. The summed E-state index contributed by atoms with van der Waals surface area (Å²) in [6.45, 7) is 19.8. The summed E-state index contributed by atoms with van der Waals surface area (Å²) in [6.07, 6.45) is 31.0. The van der Waals surface area contributed by atoms with Crippen LogP contribution in [0, 0.1) is 0 Å². The fraction of sp³-hybridized carbons (Fsp3) is 0.641. The lowest BCUT2D eigenvalue weighted by Crippen LogP contribution is -2.10. The van der Waals surface area contributed by atoms with Gasteiger partial charge in [-0.2, -0.15) is 8.42 Å². The predicted octanol–water partition coefficient (Wildman–Crippen LogP) is 12.5. The zero-order chi connectivity index (χ0) is 32.5. The molecule has 0 radical (unpaired) electrons. The van der Waals surface area contributed by atoms with E-state index in [0.717, 1.165) is 70.6 Å². The van der Waals surface area contributed by atoms with Gasteiger partial charge in [0.15, 0.2) is 0 Å². The summed E-state index contributed by atoms with van der Waals surface area (Å²) in [5, 5.41) is 0. The van der Waals surface area contributed by atoms with Crippen LogP contribution in [0.1, 0.15) is 152 Å². The molecule has 43 heavy (non-hydrogen) atoms. The fourth-order valence-electron chi connectivity index (χ4n) is 4.59. The van der Waals surface area contributed by atoms with E-state index in [-0.39, 0.29) is 12.4 Å². The normalized spacial score (nSPS) is 14.4. The van der Waals surface area contributed by atoms with Gasteiger partial charge in [0.25, 0.3) is 10.1 Å². The maximum atomic E-state index is 11.8. The van der Waals surface area contributed by atoms with Crippen LogP contribution in [0.5, 0.6) is 0 Å². The maximum Gasteiger partial charge on any atom is 0.267 e. The number of hydrogen-bond acceptors (Lipinski definition) is 3. The third-order valence-electron chi connectivity index (χ3n) is 7.68. The Morgan fingerprint density at radius 3 is 1.09 bits per heavy atom. The van der Waals surface area contributed by atoms with E-state index in [0.29, 0.717) is 6.42 Å². The van der Waals surface area contributed by atoms with E-state index in [2.05, 4.69) is 84.9 Å². The molecule has 0 rings (SSSR count). The van der Waals surface area contributed by atoms with Crippen LogP contribution in [-0.4, -0.2) is 20.8 Å². The van der Waals surface area contributed by atoms with Crippen LogP contribution in [0.15, 0.2) is 81.5 Å². The van der Waals surface area contributed by atoms with Gasteiger partial charge in [0.2, 0.25) is 0 Å². The third kappa shape index (κ3) is 27.4. The molecule has 0 bridgehead atoms. The van der Waals surface area contributed by atoms with Crippen LogP contribution in [0.25, 0.3) is 0 Å². The average molecular weight is 615 g/mol. The monoisotopic (exact) mass is 614 g/mol. The number of rotatable bonds is 24. The quantitative estimate of drug-likeness (QED) is 0.0802. The molecule has 0 aliphatic rings. The first-order chi connectivity index (χ1) is 20.3. The summed E-state index contributed by atoms with van der Waals surface area (Å²) in [7, 11) is -3.39. The van der Waals surface area contributed by atoms with E-state index >= 15 is 0 Å². The van der Waals surface area contributed by atoms with Crippen molar-refractivity contribution in [2.45, 2.75) is 152 Å². The molecule has 0 aromatic carbocycles. The molecule has 0 saturated carbocycles. The lowest BCUT2D eigenvalue weighted by molar-refractivity contribution is 0.355. The lowest BCUT2D eigenvalue weighted by Gasteiger charge is -2.04. The molecule has 0 aliphatic heterocycles. The summed E-state index contributed by atoms with van der Waals surface area (Å²) >= 11 is 0. The first-order valence-corrected chi connectivity index (χ1v) is 18.4. The van der Waals surface area contributed by atoms with Crippen molar-refractivity contribution in [3.05, 3.63) is 81.5 Å². The Kier molecular flexibility index (Phi) is 24.3. The molecule has 0 atom stereocenters. The molecule has 4 heteroatoms. The van der Waals surface area contributed by atoms with Crippen LogP contribution in [0.2, 0.25) is 0 Å². The van der Waals surface area contributed by atoms with Crippen molar-refractivity contribution in [2.75, 3.05) is 12.4 Å². The highest BCUT2D eigenvalue weighted by molar-refractivity contribution is 7.86. The minimum absolute atomic E-state index is 0.108. The van der Waals surface area contributed by atoms with Crippen LogP contribution in [0.4, 0.5) is 0 Å². The number of unbranched alkanes of at least 4 members (excludes halogenated alkanes) is 1. The Morgan fingerprint density at radius 1 is 0.488 bits per heavy atom. The molecule has 0 spiro atoms. The molecule has 0 N–H and O–H groups in total. The molecule has 0 heterocycles. The molecule has 0 saturated heterocycles. The zero-order valence-electron chi connectivity index (χ0n) is 29.5. The van der Waals surface area contributed by atoms with Crippen LogP contribution >= 0.6 is 0 Å². The van der Waals surface area contributed by atoms with Crippen molar-refractivity contribution in [1.82, 2.24) is 0 Å². The Labute approximate surface area is 268 Å². The maximum absolute atomic E-state index is 11.8. The van der Waals surface area contributed by atoms with E-state index in [1.54, 1.807) is 0 Å². The van der Waals surface area contributed by atoms with Crippen LogP contribution < -0.4 is 0 Å². The van der Waals surface area contributed by atoms with Gasteiger partial charge in [0.1, 0.15) is 0 Å². The van der Waals surface area contributed by atoms with Gasteiger partial charge in [-0.3, -0.25) is 4.18 Å². The first kappa shape index (κ1) is 41.1. The van der Waals surface area contributed by atoms with Gasteiger partial charge in [-0.25, -0.2) is 0 Å². The van der Waals surface area contributed by atoms with Crippen molar-refractivity contribution in [2.24, 2.45) is 0 Å². The topological polar surface area (TPSA) is 43.4 Å². The van der Waals surface area contributed by atoms with Gasteiger partial charge in [-0.1, -0.05) is 94.9 Å². The zero-order valence-corrected chi connectivity index (χ0v) is 30.3. The minimum Gasteiger partial charge on any atom is -0.266 e. The number of hydrogen-bond donors (Lipinski definition) is 0. The Hall–Kier alpha value is -1.91. The molecule has 0 fully saturated rings. The Balaban J connectivity index is 4.22. The molecule has 0 aliphatic carbocycles. The Bertz CT molecular complexity index is 1090. The average Bonchev–Trinajstić information content (AvgIpc) is 2.91. The second-order valence-electron chi connectivity index (χ2n) is 12.7. The highest BCUT2D eigenvalue weighted by Crippen LogP contribution is 2.16. The SMILES string of the molecule is CCCCS(=O)(=O)OC/C=C(\C)CC/C=C(\C)CC/C=C(\C)CC/C=C(\C)CCC=C(C)CCC=C(C)CCC=C(C)C. The smallest absolute Gasteiger partial charge is 0.266 e. The van der Waals surface area contributed by atoms with Crippen molar-refractivity contribution >= 4 is 10.1 Å². The number of allylic oxidation sites excluding steroid dienone is 13. The first-order valence-electron chi connectivity index (χ1n) is 16.8. The molecule has 0 aromatic rings. The summed E-state index contributed by atoms with van der Waals surface area (Å²) in [4.78, 5) is 0. The van der Waals surface area contributed by atoms with Gasteiger partial charge in [0, 0.05) is 0 Å². The van der Waals surface area contributed by atoms with E-state index in [4.69, 9.17) is 4.18 Å². The highest BCUT2D eigenvalue weighted by atomic mass is 32.2. The fourth-order valence-corrected chi connectivity index (χ4v) is 5.63. The van der Waals surface area contributed by atoms with E-state index in [9.17, 15) is 8.42 Å². The largest absolute Gasteiger partial charge is 0.267 e. The summed E-state index contributed by atoms with van der Waals surface area (Å²) in [6, 6.07) is 0. The van der Waals surface area contributed by atoms with E-state index < -0.39 is 10.1 Å². The van der Waals surface area contributed by atoms with Crippen molar-refractivity contribution in [1.29, 1.82) is 0 Å². The van der Waals surface area contributed by atoms with Gasteiger partial charge < -0.3 is 0 Å². The minimum atomic E-state index is -3.39. The standard InChI is InChI=1S/C39H66O3S/c1-10-11-32-43(40,41)42-31-30-39(9)29-17-28-38(8)27-16-26-37(7)25-15-24-36(6)23-14-22-35(5)21-13-20-34(4)19-12-18-33(2)3/h18,20,22,24,26,28,30H,10-17,19,21,23,25,27,29,31-32H2,1-9H3/b34-20?,35-22?,36-24+,37-26+,38-28+,39-30+. The molecule has 246 valence electrons. The van der Waals surface area contributed by atoms with Gasteiger partial charge >= 0.3 is 0 Å². The van der Waals surface area contributed by atoms with E-state index in [1.807, 2.05) is 19.9 Å². The van der Waals surface area contributed by atoms with Gasteiger partial charge in [-0.05, 0) is 139 Å². The molecule has 0 aromatic heterocycles. The lowest BCUT2D eigenvalue weighted by atomic mass is 10.0. The summed E-state index contributed by atoms with van der Waals surface area (Å²) < 4.78 is 28.6. The second kappa shape index (κ2) is 25.4. The summed E-state index contributed by atoms with van der Waals surface area (Å²) in [5.74, 6) is 0.108. The Morgan fingerprint density at radius 2 is 0.791 bits per heavy atom. The van der Waals surface area contributed by atoms with E-state index in [1.165, 1.54) is 51.9 Å². The van der Waals surface area contributed by atoms with Gasteiger partial charge in [0.05, 0.1) is 12.4 Å². The molecule has 0 unspecified atom stereocenters. The van der Waals surface area contributed by atoms with Crippen molar-refractivity contribution < 1.29 is 12.6 Å². The van der Waals surface area contributed by atoms with Crippen LogP contribution in [0.3, 0.4) is 0 Å². The van der Waals surface area contributed by atoms with Gasteiger partial charge in [-0.15, -0.1) is 0 Å². The highest BCUT2D eigenvalue weighted by Gasteiger charge is 2.08.